The van der Waals surface area contributed by atoms with E-state index in [0.717, 1.165) is 11.1 Å². The van der Waals surface area contributed by atoms with Crippen LogP contribution < -0.4 is 10.3 Å². The molecule has 1 aliphatic heterocycles. The molecule has 0 unspecified atom stereocenters. The molecule has 25 heavy (non-hydrogen) atoms. The minimum absolute atomic E-state index is 0.190. The molecule has 0 saturated carbocycles. The molecule has 1 aromatic heterocycles. The zero-order valence-corrected chi connectivity index (χ0v) is 14.1. The van der Waals surface area contributed by atoms with Gasteiger partial charge in [-0.1, -0.05) is 35.9 Å². The number of nitrogens with zero attached hydrogens (tertiary/aromatic N) is 1. The van der Waals surface area contributed by atoms with E-state index in [2.05, 4.69) is 0 Å². The van der Waals surface area contributed by atoms with Crippen LogP contribution in [0.1, 0.15) is 0 Å². The highest BCUT2D eigenvalue weighted by Crippen LogP contribution is 2.34. The number of halogens is 1. The van der Waals surface area contributed by atoms with Crippen LogP contribution >= 0.6 is 11.6 Å². The van der Waals surface area contributed by atoms with Crippen molar-refractivity contribution in [3.05, 3.63) is 57.7 Å². The fourth-order valence-corrected chi connectivity index (χ4v) is 3.25. The highest BCUT2D eigenvalue weighted by Gasteiger charge is 2.22. The number of benzene rings is 2. The zero-order chi connectivity index (χ0) is 17.4. The summed E-state index contributed by atoms with van der Waals surface area (Å²) in [5.74, 6) is -0.173. The van der Waals surface area contributed by atoms with Crippen LogP contribution in [0.15, 0.2) is 51.7 Å². The minimum atomic E-state index is -0.438. The molecule has 1 aliphatic rings. The number of anilines is 1. The lowest BCUT2D eigenvalue weighted by Gasteiger charge is -2.27. The lowest BCUT2D eigenvalue weighted by Crippen LogP contribution is -2.36. The first kappa shape index (κ1) is 16.0. The number of hydrogen-bond donors (Lipinski definition) is 1. The molecule has 2 aromatic carbocycles. The molecular weight excluding hydrogens is 342 g/mol. The first-order valence-electron chi connectivity index (χ1n) is 8.02. The average Bonchev–Trinajstić information content (AvgIpc) is 2.65. The van der Waals surface area contributed by atoms with Gasteiger partial charge in [0.05, 0.1) is 18.6 Å². The van der Waals surface area contributed by atoms with E-state index in [1.807, 2.05) is 29.2 Å². The molecule has 2 heterocycles. The number of aromatic hydroxyl groups is 1. The SMILES string of the molecule is O=c1c(O)c(N2CCOCC2)oc2c(-c3cccc(Cl)c3)cccc12. The average molecular weight is 358 g/mol. The van der Waals surface area contributed by atoms with Crippen molar-refractivity contribution in [1.29, 1.82) is 0 Å². The summed E-state index contributed by atoms with van der Waals surface area (Å²) in [7, 11) is 0. The topological polar surface area (TPSA) is 62.9 Å². The van der Waals surface area contributed by atoms with Gasteiger partial charge in [-0.15, -0.1) is 0 Å². The highest BCUT2D eigenvalue weighted by molar-refractivity contribution is 6.30. The van der Waals surface area contributed by atoms with Crippen molar-refractivity contribution in [2.24, 2.45) is 0 Å². The van der Waals surface area contributed by atoms with E-state index in [9.17, 15) is 9.90 Å². The van der Waals surface area contributed by atoms with E-state index >= 15 is 0 Å². The number of hydrogen-bond acceptors (Lipinski definition) is 5. The summed E-state index contributed by atoms with van der Waals surface area (Å²) in [5.41, 5.74) is 1.60. The summed E-state index contributed by atoms with van der Waals surface area (Å²) in [4.78, 5) is 14.5. The van der Waals surface area contributed by atoms with Crippen LogP contribution in [0.4, 0.5) is 5.88 Å². The summed E-state index contributed by atoms with van der Waals surface area (Å²) in [5, 5.41) is 11.3. The third kappa shape index (κ3) is 2.86. The summed E-state index contributed by atoms with van der Waals surface area (Å²) in [6.07, 6.45) is 0. The van der Waals surface area contributed by atoms with Gasteiger partial charge in [-0.3, -0.25) is 4.79 Å². The van der Waals surface area contributed by atoms with Crippen molar-refractivity contribution in [1.82, 2.24) is 0 Å². The van der Waals surface area contributed by atoms with E-state index in [-0.39, 0.29) is 11.6 Å². The fraction of sp³-hybridized carbons (Fsp3) is 0.211. The lowest BCUT2D eigenvalue weighted by molar-refractivity contribution is 0.120. The molecule has 6 heteroatoms. The second-order valence-corrected chi connectivity index (χ2v) is 6.31. The summed E-state index contributed by atoms with van der Waals surface area (Å²) in [6, 6.07) is 12.6. The van der Waals surface area contributed by atoms with E-state index in [4.69, 9.17) is 20.8 Å². The van der Waals surface area contributed by atoms with Gasteiger partial charge in [0.2, 0.25) is 17.1 Å². The Kier molecular flexibility index (Phi) is 4.11. The normalized spacial score (nSPS) is 14.8. The minimum Gasteiger partial charge on any atom is -0.500 e. The van der Waals surface area contributed by atoms with Crippen LogP contribution in [-0.4, -0.2) is 31.4 Å². The molecule has 1 N–H and O–H groups in total. The summed E-state index contributed by atoms with van der Waals surface area (Å²) < 4.78 is 11.3. The monoisotopic (exact) mass is 357 g/mol. The van der Waals surface area contributed by atoms with Gasteiger partial charge in [0.1, 0.15) is 5.58 Å². The molecule has 5 nitrogen and oxygen atoms in total. The quantitative estimate of drug-likeness (QED) is 0.758. The Morgan fingerprint density at radius 2 is 1.84 bits per heavy atom. The molecule has 0 spiro atoms. The van der Waals surface area contributed by atoms with Crippen LogP contribution in [0.2, 0.25) is 5.02 Å². The van der Waals surface area contributed by atoms with Gasteiger partial charge in [-0.2, -0.15) is 0 Å². The second kappa shape index (κ2) is 6.43. The Balaban J connectivity index is 1.96. The summed E-state index contributed by atoms with van der Waals surface area (Å²) in [6.45, 7) is 2.16. The Bertz CT molecular complexity index is 992. The Morgan fingerprint density at radius 3 is 2.60 bits per heavy atom. The molecule has 0 bridgehead atoms. The largest absolute Gasteiger partial charge is 0.500 e. The van der Waals surface area contributed by atoms with Crippen molar-refractivity contribution in [2.75, 3.05) is 31.2 Å². The van der Waals surface area contributed by atoms with Crippen molar-refractivity contribution in [2.45, 2.75) is 0 Å². The van der Waals surface area contributed by atoms with Crippen LogP contribution in [0.25, 0.3) is 22.1 Å². The molecule has 4 rings (SSSR count). The molecule has 3 aromatic rings. The Labute approximate surface area is 149 Å². The number of fused-ring (bicyclic) bond motifs is 1. The predicted octanol–water partition coefficient (Wildman–Crippen LogP) is 3.66. The smallest absolute Gasteiger partial charge is 0.242 e. The zero-order valence-electron chi connectivity index (χ0n) is 13.4. The predicted molar refractivity (Wildman–Crippen MR) is 97.6 cm³/mol. The number of morpholine rings is 1. The second-order valence-electron chi connectivity index (χ2n) is 5.88. The van der Waals surface area contributed by atoms with Crippen molar-refractivity contribution in [3.63, 3.8) is 0 Å². The van der Waals surface area contributed by atoms with E-state index in [1.54, 1.807) is 18.2 Å². The molecule has 128 valence electrons. The van der Waals surface area contributed by atoms with Gasteiger partial charge in [-0.25, -0.2) is 0 Å². The number of ether oxygens (including phenoxy) is 1. The maximum atomic E-state index is 12.6. The molecule has 0 radical (unpaired) electrons. The molecule has 1 fully saturated rings. The third-order valence-electron chi connectivity index (χ3n) is 4.31. The van der Waals surface area contributed by atoms with Gasteiger partial charge < -0.3 is 19.2 Å². The molecule has 0 amide bonds. The van der Waals surface area contributed by atoms with Crippen LogP contribution in [0, 0.1) is 0 Å². The first-order chi connectivity index (χ1) is 12.1. The van der Waals surface area contributed by atoms with Crippen LogP contribution in [0.3, 0.4) is 0 Å². The lowest BCUT2D eigenvalue weighted by atomic mass is 10.0. The van der Waals surface area contributed by atoms with Crippen molar-refractivity contribution in [3.8, 4) is 16.9 Å². The maximum Gasteiger partial charge on any atom is 0.242 e. The Morgan fingerprint density at radius 1 is 1.08 bits per heavy atom. The fourth-order valence-electron chi connectivity index (χ4n) is 3.06. The number of rotatable bonds is 2. The molecule has 0 atom stereocenters. The molecular formula is C19H16ClNO4. The van der Waals surface area contributed by atoms with E-state index in [1.165, 1.54) is 0 Å². The van der Waals surface area contributed by atoms with Gasteiger partial charge in [0.25, 0.3) is 0 Å². The summed E-state index contributed by atoms with van der Waals surface area (Å²) >= 11 is 6.10. The Hall–Kier alpha value is -2.50. The van der Waals surface area contributed by atoms with Crippen molar-refractivity contribution < 1.29 is 14.3 Å². The highest BCUT2D eigenvalue weighted by atomic mass is 35.5. The van der Waals surface area contributed by atoms with E-state index < -0.39 is 5.43 Å². The van der Waals surface area contributed by atoms with Crippen LogP contribution in [0.5, 0.6) is 5.75 Å². The van der Waals surface area contributed by atoms with Gasteiger partial charge in [-0.05, 0) is 23.8 Å². The third-order valence-corrected chi connectivity index (χ3v) is 4.55. The van der Waals surface area contributed by atoms with Gasteiger partial charge >= 0.3 is 0 Å². The van der Waals surface area contributed by atoms with Crippen molar-refractivity contribution >= 4 is 28.5 Å². The molecule has 0 aliphatic carbocycles. The number of para-hydroxylation sites is 1. The first-order valence-corrected chi connectivity index (χ1v) is 8.40. The van der Waals surface area contributed by atoms with E-state index in [0.29, 0.717) is 42.3 Å². The molecule has 1 saturated heterocycles. The maximum absolute atomic E-state index is 12.6. The van der Waals surface area contributed by atoms with Gasteiger partial charge in [0.15, 0.2) is 0 Å². The van der Waals surface area contributed by atoms with Crippen LogP contribution in [-0.2, 0) is 4.74 Å². The van der Waals surface area contributed by atoms with Gasteiger partial charge in [0, 0.05) is 23.7 Å². The standard InChI is InChI=1S/C19H16ClNO4/c20-13-4-1-3-12(11-13)14-5-2-6-15-16(22)17(23)19(25-18(14)15)21-7-9-24-10-8-21/h1-6,11,23H,7-10H2.